The number of hydrogen-bond acceptors (Lipinski definition) is 2. The number of halogens is 2. The molecule has 0 unspecified atom stereocenters. The van der Waals surface area contributed by atoms with Crippen LogP contribution in [-0.4, -0.2) is 30.7 Å². The van der Waals surface area contributed by atoms with Crippen LogP contribution < -0.4 is 0 Å². The first-order chi connectivity index (χ1) is 10.6. The Labute approximate surface area is 135 Å². The quantitative estimate of drug-likeness (QED) is 0.737. The van der Waals surface area contributed by atoms with Crippen molar-refractivity contribution in [1.29, 1.82) is 0 Å². The van der Waals surface area contributed by atoms with Gasteiger partial charge in [-0.2, -0.15) is 0 Å². The summed E-state index contributed by atoms with van der Waals surface area (Å²) in [5.74, 6) is -0.409. The number of rotatable bonds is 4. The lowest BCUT2D eigenvalue weighted by Gasteiger charge is -2.27. The molecule has 0 aromatic heterocycles. The number of likely N-dealkylation sites (tertiary alicyclic amines) is 1. The molecule has 1 amide bonds. The van der Waals surface area contributed by atoms with Crippen LogP contribution in [0.15, 0.2) is 23.8 Å². The second-order valence-electron chi connectivity index (χ2n) is 5.43. The molecule has 1 heterocycles. The highest BCUT2D eigenvalue weighted by molar-refractivity contribution is 6.30. The molecule has 1 aliphatic heterocycles. The van der Waals surface area contributed by atoms with E-state index in [-0.39, 0.29) is 11.1 Å². The van der Waals surface area contributed by atoms with Crippen LogP contribution in [-0.2, 0) is 4.74 Å². The van der Waals surface area contributed by atoms with E-state index in [1.54, 1.807) is 17.0 Å². The van der Waals surface area contributed by atoms with Crippen molar-refractivity contribution in [3.8, 4) is 0 Å². The predicted molar refractivity (Wildman–Crippen MR) is 86.5 cm³/mol. The maximum Gasteiger partial charge on any atom is 0.409 e. The van der Waals surface area contributed by atoms with Gasteiger partial charge in [-0.15, -0.1) is 0 Å². The summed E-state index contributed by atoms with van der Waals surface area (Å²) in [6, 6.07) is 4.79. The molecular weight excluding hydrogens is 305 g/mol. The van der Waals surface area contributed by atoms with Crippen LogP contribution in [0.1, 0.15) is 38.2 Å². The topological polar surface area (TPSA) is 29.5 Å². The molecule has 2 rings (SSSR count). The van der Waals surface area contributed by atoms with Gasteiger partial charge in [0, 0.05) is 13.1 Å². The van der Waals surface area contributed by atoms with Crippen LogP contribution in [0, 0.1) is 5.82 Å². The van der Waals surface area contributed by atoms with E-state index in [1.807, 2.05) is 6.08 Å². The minimum Gasteiger partial charge on any atom is -0.449 e. The van der Waals surface area contributed by atoms with Crippen LogP contribution in [0.4, 0.5) is 9.18 Å². The SMILES string of the molecule is CCCCOC(=O)N1CCC(=Cc2ccc(Cl)c(F)c2)CC1. The normalized spacial score (nSPS) is 14.9. The molecule has 1 aromatic carbocycles. The van der Waals surface area contributed by atoms with Crippen LogP contribution in [0.25, 0.3) is 6.08 Å². The Balaban J connectivity index is 1.87. The lowest BCUT2D eigenvalue weighted by atomic mass is 10.0. The fourth-order valence-electron chi connectivity index (χ4n) is 2.35. The number of benzene rings is 1. The monoisotopic (exact) mass is 325 g/mol. The van der Waals surface area contributed by atoms with Crippen LogP contribution in [0.3, 0.4) is 0 Å². The van der Waals surface area contributed by atoms with Crippen molar-refractivity contribution in [2.45, 2.75) is 32.6 Å². The Morgan fingerprint density at radius 2 is 2.14 bits per heavy atom. The Morgan fingerprint density at radius 3 is 2.77 bits per heavy atom. The van der Waals surface area contributed by atoms with Gasteiger partial charge in [0.25, 0.3) is 0 Å². The highest BCUT2D eigenvalue weighted by atomic mass is 35.5. The summed E-state index contributed by atoms with van der Waals surface area (Å²) < 4.78 is 18.6. The van der Waals surface area contributed by atoms with E-state index in [2.05, 4.69) is 6.92 Å². The molecule has 120 valence electrons. The van der Waals surface area contributed by atoms with Crippen molar-refractivity contribution >= 4 is 23.8 Å². The maximum absolute atomic E-state index is 13.4. The zero-order chi connectivity index (χ0) is 15.9. The van der Waals surface area contributed by atoms with Gasteiger partial charge < -0.3 is 9.64 Å². The highest BCUT2D eigenvalue weighted by Crippen LogP contribution is 2.22. The Hall–Kier alpha value is -1.55. The number of ether oxygens (including phenoxy) is 1. The smallest absolute Gasteiger partial charge is 0.409 e. The van der Waals surface area contributed by atoms with E-state index in [4.69, 9.17) is 16.3 Å². The van der Waals surface area contributed by atoms with Crippen molar-refractivity contribution in [3.05, 3.63) is 40.2 Å². The number of nitrogens with zero attached hydrogens (tertiary/aromatic N) is 1. The number of hydrogen-bond donors (Lipinski definition) is 0. The number of unbranched alkanes of at least 4 members (excludes halogenated alkanes) is 1. The summed E-state index contributed by atoms with van der Waals surface area (Å²) >= 11 is 5.68. The molecule has 0 bridgehead atoms. The second-order valence-corrected chi connectivity index (χ2v) is 5.84. The largest absolute Gasteiger partial charge is 0.449 e. The zero-order valence-electron chi connectivity index (χ0n) is 12.8. The fraction of sp³-hybridized carbons (Fsp3) is 0.471. The molecule has 0 N–H and O–H groups in total. The molecule has 1 aromatic rings. The van der Waals surface area contributed by atoms with E-state index < -0.39 is 5.82 Å². The minimum atomic E-state index is -0.409. The molecule has 0 spiro atoms. The third-order valence-corrected chi connectivity index (χ3v) is 4.01. The Bertz CT molecular complexity index is 550. The summed E-state index contributed by atoms with van der Waals surface area (Å²) in [7, 11) is 0. The maximum atomic E-state index is 13.4. The zero-order valence-corrected chi connectivity index (χ0v) is 13.5. The summed E-state index contributed by atoms with van der Waals surface area (Å²) in [5, 5.41) is 0.131. The first kappa shape index (κ1) is 16.8. The number of piperidine rings is 1. The molecule has 0 atom stereocenters. The number of carbonyl (C=O) groups excluding carboxylic acids is 1. The molecule has 1 fully saturated rings. The summed E-state index contributed by atoms with van der Waals surface area (Å²) in [6.45, 7) is 3.84. The number of carbonyl (C=O) groups is 1. The van der Waals surface area contributed by atoms with E-state index in [1.165, 1.54) is 11.6 Å². The van der Waals surface area contributed by atoms with Crippen molar-refractivity contribution in [3.63, 3.8) is 0 Å². The molecule has 0 saturated carbocycles. The van der Waals surface area contributed by atoms with Gasteiger partial charge in [0.05, 0.1) is 11.6 Å². The summed E-state index contributed by atoms with van der Waals surface area (Å²) in [5.41, 5.74) is 2.01. The first-order valence-electron chi connectivity index (χ1n) is 7.66. The van der Waals surface area contributed by atoms with Crippen LogP contribution in [0.2, 0.25) is 5.02 Å². The molecule has 0 aliphatic carbocycles. The van der Waals surface area contributed by atoms with E-state index in [0.29, 0.717) is 19.7 Å². The molecule has 1 aliphatic rings. The van der Waals surface area contributed by atoms with Crippen molar-refractivity contribution in [2.24, 2.45) is 0 Å². The number of amides is 1. The minimum absolute atomic E-state index is 0.131. The van der Waals surface area contributed by atoms with Gasteiger partial charge in [0.15, 0.2) is 0 Å². The lowest BCUT2D eigenvalue weighted by molar-refractivity contribution is 0.0984. The van der Waals surface area contributed by atoms with Crippen LogP contribution >= 0.6 is 11.6 Å². The average molecular weight is 326 g/mol. The predicted octanol–water partition coefficient (Wildman–Crippen LogP) is 4.90. The molecule has 0 radical (unpaired) electrons. The second kappa shape index (κ2) is 8.18. The first-order valence-corrected chi connectivity index (χ1v) is 8.04. The lowest BCUT2D eigenvalue weighted by Crippen LogP contribution is -2.36. The Kier molecular flexibility index (Phi) is 6.25. The van der Waals surface area contributed by atoms with Gasteiger partial charge in [-0.3, -0.25) is 0 Å². The molecule has 1 saturated heterocycles. The highest BCUT2D eigenvalue weighted by Gasteiger charge is 2.19. The molecule has 22 heavy (non-hydrogen) atoms. The summed E-state index contributed by atoms with van der Waals surface area (Å²) in [4.78, 5) is 13.6. The Morgan fingerprint density at radius 1 is 1.41 bits per heavy atom. The van der Waals surface area contributed by atoms with E-state index in [0.717, 1.165) is 31.2 Å². The average Bonchev–Trinajstić information content (AvgIpc) is 2.52. The van der Waals surface area contributed by atoms with E-state index in [9.17, 15) is 9.18 Å². The molecule has 5 heteroatoms. The molecule has 3 nitrogen and oxygen atoms in total. The van der Waals surface area contributed by atoms with Crippen molar-refractivity contribution in [1.82, 2.24) is 4.90 Å². The van der Waals surface area contributed by atoms with Gasteiger partial charge in [-0.1, -0.05) is 42.7 Å². The molecular formula is C17H21ClFNO2. The van der Waals surface area contributed by atoms with Crippen molar-refractivity contribution < 1.29 is 13.9 Å². The van der Waals surface area contributed by atoms with Gasteiger partial charge in [-0.25, -0.2) is 9.18 Å². The van der Waals surface area contributed by atoms with Gasteiger partial charge in [0.1, 0.15) is 5.82 Å². The summed E-state index contributed by atoms with van der Waals surface area (Å²) in [6.07, 6.45) is 5.22. The third-order valence-electron chi connectivity index (χ3n) is 3.70. The third kappa shape index (κ3) is 4.73. The standard InChI is InChI=1S/C17H21ClFNO2/c1-2-3-10-22-17(21)20-8-6-13(7-9-20)11-14-4-5-15(18)16(19)12-14/h4-5,11-12H,2-3,6-10H2,1H3. The van der Waals surface area contributed by atoms with E-state index >= 15 is 0 Å². The van der Waals surface area contributed by atoms with Crippen molar-refractivity contribution in [2.75, 3.05) is 19.7 Å². The van der Waals surface area contributed by atoms with Gasteiger partial charge in [0.2, 0.25) is 0 Å². The van der Waals surface area contributed by atoms with Gasteiger partial charge >= 0.3 is 6.09 Å². The fourth-order valence-corrected chi connectivity index (χ4v) is 2.47. The van der Waals surface area contributed by atoms with Crippen LogP contribution in [0.5, 0.6) is 0 Å². The van der Waals surface area contributed by atoms with Gasteiger partial charge in [-0.05, 0) is 37.0 Å².